The Labute approximate surface area is 81.1 Å². The van der Waals surface area contributed by atoms with Crippen molar-refractivity contribution in [1.29, 1.82) is 0 Å². The van der Waals surface area contributed by atoms with Crippen LogP contribution >= 0.6 is 0 Å². The summed E-state index contributed by atoms with van der Waals surface area (Å²) >= 11 is 0. The van der Waals surface area contributed by atoms with Crippen LogP contribution < -0.4 is 11.1 Å². The zero-order valence-electron chi connectivity index (χ0n) is 7.38. The van der Waals surface area contributed by atoms with Crippen LogP contribution in [0.1, 0.15) is 5.56 Å². The standard InChI is InChI=1S/C10H9FN2O/c1-2-10(14)13-9-5-7(6-12)3-4-8(9)11/h1,3-5H,6,12H2,(H,13,14). The fourth-order valence-electron chi connectivity index (χ4n) is 0.954. The van der Waals surface area contributed by atoms with Crippen LogP contribution in [0.25, 0.3) is 0 Å². The van der Waals surface area contributed by atoms with Gasteiger partial charge in [-0.15, -0.1) is 6.42 Å². The second-order valence-corrected chi connectivity index (χ2v) is 2.62. The molecule has 3 nitrogen and oxygen atoms in total. The van der Waals surface area contributed by atoms with Gasteiger partial charge in [0.05, 0.1) is 5.69 Å². The molecule has 1 aromatic rings. The molecule has 1 rings (SSSR count). The third-order valence-corrected chi connectivity index (χ3v) is 1.65. The molecule has 1 aromatic carbocycles. The molecule has 0 aliphatic heterocycles. The second-order valence-electron chi connectivity index (χ2n) is 2.62. The number of nitrogens with two attached hydrogens (primary N) is 1. The Hall–Kier alpha value is -1.86. The minimum Gasteiger partial charge on any atom is -0.326 e. The van der Waals surface area contributed by atoms with Crippen LogP contribution in [0.3, 0.4) is 0 Å². The van der Waals surface area contributed by atoms with E-state index in [4.69, 9.17) is 12.2 Å². The van der Waals surface area contributed by atoms with Gasteiger partial charge in [0.2, 0.25) is 0 Å². The summed E-state index contributed by atoms with van der Waals surface area (Å²) in [6.07, 6.45) is 4.83. The first-order chi connectivity index (χ1) is 6.67. The summed E-state index contributed by atoms with van der Waals surface area (Å²) in [6, 6.07) is 4.22. The van der Waals surface area contributed by atoms with E-state index in [0.29, 0.717) is 0 Å². The lowest BCUT2D eigenvalue weighted by Gasteiger charge is -2.04. The molecule has 14 heavy (non-hydrogen) atoms. The molecule has 0 aliphatic carbocycles. The lowest BCUT2D eigenvalue weighted by Crippen LogP contribution is -2.10. The number of carbonyl (C=O) groups excluding carboxylic acids is 1. The summed E-state index contributed by atoms with van der Waals surface area (Å²) in [4.78, 5) is 10.8. The van der Waals surface area contributed by atoms with Crippen molar-refractivity contribution >= 4 is 11.6 Å². The average Bonchev–Trinajstić information content (AvgIpc) is 2.21. The molecule has 0 radical (unpaired) electrons. The first kappa shape index (κ1) is 10.2. The molecule has 4 heteroatoms. The highest BCUT2D eigenvalue weighted by Crippen LogP contribution is 2.15. The van der Waals surface area contributed by atoms with E-state index in [-0.39, 0.29) is 12.2 Å². The number of hydrogen-bond donors (Lipinski definition) is 2. The largest absolute Gasteiger partial charge is 0.326 e. The molecule has 0 saturated heterocycles. The third kappa shape index (κ3) is 2.31. The van der Waals surface area contributed by atoms with Crippen LogP contribution in [0.4, 0.5) is 10.1 Å². The van der Waals surface area contributed by atoms with Gasteiger partial charge in [0.1, 0.15) is 5.82 Å². The molecule has 0 aromatic heterocycles. The molecule has 0 spiro atoms. The lowest BCUT2D eigenvalue weighted by atomic mass is 10.2. The number of halogens is 1. The number of rotatable bonds is 2. The summed E-state index contributed by atoms with van der Waals surface area (Å²) in [6.45, 7) is 0.277. The Morgan fingerprint density at radius 3 is 2.93 bits per heavy atom. The van der Waals surface area contributed by atoms with Crippen molar-refractivity contribution in [3.63, 3.8) is 0 Å². The maximum Gasteiger partial charge on any atom is 0.300 e. The van der Waals surface area contributed by atoms with Crippen molar-refractivity contribution in [2.75, 3.05) is 5.32 Å². The highest BCUT2D eigenvalue weighted by molar-refractivity contribution is 6.03. The first-order valence-electron chi connectivity index (χ1n) is 3.93. The van der Waals surface area contributed by atoms with Gasteiger partial charge in [0, 0.05) is 6.54 Å². The van der Waals surface area contributed by atoms with Gasteiger partial charge >= 0.3 is 0 Å². The highest BCUT2D eigenvalue weighted by Gasteiger charge is 2.05. The monoisotopic (exact) mass is 192 g/mol. The Morgan fingerprint density at radius 1 is 1.64 bits per heavy atom. The zero-order chi connectivity index (χ0) is 10.6. The van der Waals surface area contributed by atoms with E-state index in [2.05, 4.69) is 5.32 Å². The number of nitrogens with one attached hydrogen (secondary N) is 1. The van der Waals surface area contributed by atoms with E-state index in [1.807, 2.05) is 5.92 Å². The molecule has 0 atom stereocenters. The summed E-state index contributed by atoms with van der Waals surface area (Å²) < 4.78 is 13.1. The normalized spacial score (nSPS) is 9.21. The van der Waals surface area contributed by atoms with E-state index in [1.165, 1.54) is 12.1 Å². The van der Waals surface area contributed by atoms with Gasteiger partial charge < -0.3 is 11.1 Å². The van der Waals surface area contributed by atoms with Crippen molar-refractivity contribution in [3.05, 3.63) is 29.6 Å². The molecule has 0 fully saturated rings. The maximum atomic E-state index is 13.1. The molecule has 0 bridgehead atoms. The van der Waals surface area contributed by atoms with Crippen molar-refractivity contribution in [2.24, 2.45) is 5.73 Å². The number of amides is 1. The van der Waals surface area contributed by atoms with Crippen LogP contribution in [-0.4, -0.2) is 5.91 Å². The van der Waals surface area contributed by atoms with Crippen molar-refractivity contribution in [2.45, 2.75) is 6.54 Å². The fourth-order valence-corrected chi connectivity index (χ4v) is 0.954. The van der Waals surface area contributed by atoms with Gasteiger partial charge in [0.25, 0.3) is 5.91 Å². The third-order valence-electron chi connectivity index (χ3n) is 1.65. The van der Waals surface area contributed by atoms with Gasteiger partial charge in [-0.1, -0.05) is 6.07 Å². The number of hydrogen-bond acceptors (Lipinski definition) is 2. The molecule has 0 aliphatic rings. The number of terminal acetylenes is 1. The van der Waals surface area contributed by atoms with Crippen LogP contribution in [0, 0.1) is 18.2 Å². The van der Waals surface area contributed by atoms with Crippen molar-refractivity contribution in [1.82, 2.24) is 0 Å². The second kappa shape index (κ2) is 4.40. The van der Waals surface area contributed by atoms with Crippen LogP contribution in [0.15, 0.2) is 18.2 Å². The number of carbonyl (C=O) groups is 1. The molecular weight excluding hydrogens is 183 g/mol. The molecule has 72 valence electrons. The zero-order valence-corrected chi connectivity index (χ0v) is 7.38. The van der Waals surface area contributed by atoms with E-state index in [9.17, 15) is 9.18 Å². The molecule has 1 amide bonds. The van der Waals surface area contributed by atoms with E-state index in [0.717, 1.165) is 5.56 Å². The molecule has 3 N–H and O–H groups in total. The number of benzene rings is 1. The first-order valence-corrected chi connectivity index (χ1v) is 3.93. The predicted molar refractivity (Wildman–Crippen MR) is 51.8 cm³/mol. The minimum absolute atomic E-state index is 0.0518. The van der Waals surface area contributed by atoms with Gasteiger partial charge in [-0.25, -0.2) is 4.39 Å². The van der Waals surface area contributed by atoms with Crippen LogP contribution in [0.2, 0.25) is 0 Å². The van der Waals surface area contributed by atoms with E-state index >= 15 is 0 Å². The molecular formula is C10H9FN2O. The predicted octanol–water partition coefficient (Wildman–Crippen LogP) is 0.856. The Morgan fingerprint density at radius 2 is 2.36 bits per heavy atom. The van der Waals surface area contributed by atoms with Crippen molar-refractivity contribution in [3.8, 4) is 12.3 Å². The quantitative estimate of drug-likeness (QED) is 0.683. The Bertz CT molecular complexity index is 396. The SMILES string of the molecule is C#CC(=O)Nc1cc(CN)ccc1F. The van der Waals surface area contributed by atoms with Gasteiger partial charge in [-0.05, 0) is 23.6 Å². The average molecular weight is 192 g/mol. The summed E-state index contributed by atoms with van der Waals surface area (Å²) in [7, 11) is 0. The Kier molecular flexibility index (Phi) is 3.21. The summed E-state index contributed by atoms with van der Waals surface area (Å²) in [5.74, 6) is 0.612. The summed E-state index contributed by atoms with van der Waals surface area (Å²) in [5.41, 5.74) is 6.13. The Balaban J connectivity index is 2.96. The van der Waals surface area contributed by atoms with Gasteiger partial charge in [-0.2, -0.15) is 0 Å². The fraction of sp³-hybridized carbons (Fsp3) is 0.100. The number of anilines is 1. The summed E-state index contributed by atoms with van der Waals surface area (Å²) in [5, 5.41) is 2.23. The molecule has 0 saturated carbocycles. The van der Waals surface area contributed by atoms with E-state index < -0.39 is 11.7 Å². The topological polar surface area (TPSA) is 55.1 Å². The van der Waals surface area contributed by atoms with E-state index in [1.54, 1.807) is 6.07 Å². The minimum atomic E-state index is -0.682. The maximum absolute atomic E-state index is 13.1. The van der Waals surface area contributed by atoms with Crippen molar-refractivity contribution < 1.29 is 9.18 Å². The van der Waals surface area contributed by atoms with Crippen LogP contribution in [-0.2, 0) is 11.3 Å². The van der Waals surface area contributed by atoms with Crippen LogP contribution in [0.5, 0.6) is 0 Å². The lowest BCUT2D eigenvalue weighted by molar-refractivity contribution is -0.111. The smallest absolute Gasteiger partial charge is 0.300 e. The molecule has 0 unspecified atom stereocenters. The molecule has 0 heterocycles. The van der Waals surface area contributed by atoms with Gasteiger partial charge in [-0.3, -0.25) is 4.79 Å². The highest BCUT2D eigenvalue weighted by atomic mass is 19.1. The van der Waals surface area contributed by atoms with Gasteiger partial charge in [0.15, 0.2) is 0 Å².